The van der Waals surface area contributed by atoms with E-state index in [1.807, 2.05) is 19.1 Å². The summed E-state index contributed by atoms with van der Waals surface area (Å²) >= 11 is 5.95. The molecule has 1 aromatic rings. The number of hydrogen-bond acceptors (Lipinski definition) is 2. The maximum absolute atomic E-state index is 5.95. The van der Waals surface area contributed by atoms with Crippen LogP contribution in [-0.4, -0.2) is 6.61 Å². The van der Waals surface area contributed by atoms with Crippen molar-refractivity contribution in [2.24, 2.45) is 5.73 Å². The van der Waals surface area contributed by atoms with Crippen molar-refractivity contribution in [3.8, 4) is 5.75 Å². The van der Waals surface area contributed by atoms with Crippen LogP contribution in [0.4, 0.5) is 0 Å². The Morgan fingerprint density at radius 3 is 3.08 bits per heavy atom. The Hall–Kier alpha value is -0.730. The van der Waals surface area contributed by atoms with Crippen LogP contribution in [-0.2, 0) is 0 Å². The molecule has 0 aromatic heterocycles. The van der Waals surface area contributed by atoms with E-state index in [0.717, 1.165) is 21.9 Å². The first kappa shape index (κ1) is 7.90. The SMILES string of the molecule is Cc1c(Cl)ccc2c1C(N)CO2. The Balaban J connectivity index is 2.63. The van der Waals surface area contributed by atoms with Crippen LogP contribution in [0.25, 0.3) is 0 Å². The van der Waals surface area contributed by atoms with Crippen LogP contribution in [0.3, 0.4) is 0 Å². The van der Waals surface area contributed by atoms with Gasteiger partial charge in [0, 0.05) is 10.6 Å². The zero-order chi connectivity index (χ0) is 8.72. The van der Waals surface area contributed by atoms with Gasteiger partial charge < -0.3 is 10.5 Å². The second-order valence-corrected chi connectivity index (χ2v) is 3.41. The summed E-state index contributed by atoms with van der Waals surface area (Å²) in [5.41, 5.74) is 7.93. The number of rotatable bonds is 0. The predicted octanol–water partition coefficient (Wildman–Crippen LogP) is 2.04. The van der Waals surface area contributed by atoms with Gasteiger partial charge in [0.2, 0.25) is 0 Å². The number of benzene rings is 1. The zero-order valence-electron chi connectivity index (χ0n) is 6.80. The molecule has 64 valence electrons. The van der Waals surface area contributed by atoms with E-state index in [0.29, 0.717) is 6.61 Å². The van der Waals surface area contributed by atoms with Crippen LogP contribution < -0.4 is 10.5 Å². The van der Waals surface area contributed by atoms with Crippen LogP contribution in [0, 0.1) is 6.92 Å². The smallest absolute Gasteiger partial charge is 0.124 e. The third kappa shape index (κ3) is 0.993. The van der Waals surface area contributed by atoms with Crippen LogP contribution >= 0.6 is 11.6 Å². The molecule has 2 nitrogen and oxygen atoms in total. The summed E-state index contributed by atoms with van der Waals surface area (Å²) in [4.78, 5) is 0. The first-order valence-corrected chi connectivity index (χ1v) is 4.25. The average molecular weight is 184 g/mol. The molecule has 0 spiro atoms. The van der Waals surface area contributed by atoms with E-state index >= 15 is 0 Å². The summed E-state index contributed by atoms with van der Waals surface area (Å²) in [6, 6.07) is 3.70. The lowest BCUT2D eigenvalue weighted by atomic mass is 10.0. The molecular formula is C9H10ClNO. The fraction of sp³-hybridized carbons (Fsp3) is 0.333. The predicted molar refractivity (Wildman–Crippen MR) is 48.6 cm³/mol. The summed E-state index contributed by atoms with van der Waals surface area (Å²) in [7, 11) is 0. The number of halogens is 1. The van der Waals surface area contributed by atoms with Crippen LogP contribution in [0.1, 0.15) is 17.2 Å². The van der Waals surface area contributed by atoms with Crippen LogP contribution in [0.15, 0.2) is 12.1 Å². The molecule has 2 rings (SSSR count). The van der Waals surface area contributed by atoms with E-state index in [1.54, 1.807) is 0 Å². The second kappa shape index (κ2) is 2.64. The van der Waals surface area contributed by atoms with Crippen molar-refractivity contribution in [2.75, 3.05) is 6.61 Å². The molecule has 3 heteroatoms. The molecule has 0 aliphatic carbocycles. The fourth-order valence-corrected chi connectivity index (χ4v) is 1.69. The quantitative estimate of drug-likeness (QED) is 0.668. The molecule has 0 bridgehead atoms. The summed E-state index contributed by atoms with van der Waals surface area (Å²) in [6.07, 6.45) is 0. The lowest BCUT2D eigenvalue weighted by Gasteiger charge is -2.06. The van der Waals surface area contributed by atoms with E-state index < -0.39 is 0 Å². The highest BCUT2D eigenvalue weighted by atomic mass is 35.5. The summed E-state index contributed by atoms with van der Waals surface area (Å²) in [5.74, 6) is 0.879. The molecule has 1 aromatic carbocycles. The van der Waals surface area contributed by atoms with Gasteiger partial charge in [0.15, 0.2) is 0 Å². The number of nitrogens with two attached hydrogens (primary N) is 1. The molecule has 12 heavy (non-hydrogen) atoms. The van der Waals surface area contributed by atoms with Crippen molar-refractivity contribution in [2.45, 2.75) is 13.0 Å². The van der Waals surface area contributed by atoms with Crippen molar-refractivity contribution in [1.82, 2.24) is 0 Å². The molecule has 2 N–H and O–H groups in total. The Morgan fingerprint density at radius 1 is 1.58 bits per heavy atom. The minimum Gasteiger partial charge on any atom is -0.491 e. The van der Waals surface area contributed by atoms with Crippen LogP contribution in [0.2, 0.25) is 5.02 Å². The lowest BCUT2D eigenvalue weighted by Crippen LogP contribution is -2.11. The minimum atomic E-state index is -0.0151. The molecule has 0 amide bonds. The number of fused-ring (bicyclic) bond motifs is 1. The van der Waals surface area contributed by atoms with Gasteiger partial charge in [-0.15, -0.1) is 0 Å². The number of ether oxygens (including phenoxy) is 1. The van der Waals surface area contributed by atoms with Crippen molar-refractivity contribution in [3.63, 3.8) is 0 Å². The van der Waals surface area contributed by atoms with Gasteiger partial charge in [-0.3, -0.25) is 0 Å². The molecule has 0 fully saturated rings. The molecule has 1 heterocycles. The van der Waals surface area contributed by atoms with Gasteiger partial charge >= 0.3 is 0 Å². The monoisotopic (exact) mass is 183 g/mol. The van der Waals surface area contributed by atoms with Gasteiger partial charge in [0.1, 0.15) is 12.4 Å². The average Bonchev–Trinajstić information content (AvgIpc) is 2.41. The molecule has 0 saturated carbocycles. The maximum Gasteiger partial charge on any atom is 0.124 e. The van der Waals surface area contributed by atoms with Crippen molar-refractivity contribution in [1.29, 1.82) is 0 Å². The van der Waals surface area contributed by atoms with E-state index in [2.05, 4.69) is 0 Å². The Morgan fingerprint density at radius 2 is 2.33 bits per heavy atom. The molecule has 1 unspecified atom stereocenters. The Labute approximate surface area is 76.3 Å². The summed E-state index contributed by atoms with van der Waals surface area (Å²) in [6.45, 7) is 2.53. The van der Waals surface area contributed by atoms with E-state index in [-0.39, 0.29) is 6.04 Å². The molecule has 1 aliphatic heterocycles. The van der Waals surface area contributed by atoms with Crippen molar-refractivity contribution in [3.05, 3.63) is 28.3 Å². The molecule has 0 saturated heterocycles. The lowest BCUT2D eigenvalue weighted by molar-refractivity contribution is 0.333. The summed E-state index contributed by atoms with van der Waals surface area (Å²) < 4.78 is 5.36. The van der Waals surface area contributed by atoms with E-state index in [1.165, 1.54) is 0 Å². The van der Waals surface area contributed by atoms with Gasteiger partial charge in [0.25, 0.3) is 0 Å². The molecular weight excluding hydrogens is 174 g/mol. The van der Waals surface area contributed by atoms with Gasteiger partial charge in [-0.2, -0.15) is 0 Å². The van der Waals surface area contributed by atoms with E-state index in [4.69, 9.17) is 22.1 Å². The highest BCUT2D eigenvalue weighted by Gasteiger charge is 2.23. The third-order valence-corrected chi connectivity index (χ3v) is 2.61. The first-order valence-electron chi connectivity index (χ1n) is 3.87. The zero-order valence-corrected chi connectivity index (χ0v) is 7.56. The maximum atomic E-state index is 5.95. The molecule has 1 atom stereocenters. The highest BCUT2D eigenvalue weighted by molar-refractivity contribution is 6.31. The van der Waals surface area contributed by atoms with Crippen molar-refractivity contribution >= 4 is 11.6 Å². The largest absolute Gasteiger partial charge is 0.491 e. The van der Waals surface area contributed by atoms with Gasteiger partial charge in [0.05, 0.1) is 6.04 Å². The van der Waals surface area contributed by atoms with Crippen molar-refractivity contribution < 1.29 is 4.74 Å². The fourth-order valence-electron chi connectivity index (χ4n) is 1.53. The van der Waals surface area contributed by atoms with Crippen LogP contribution in [0.5, 0.6) is 5.75 Å². The number of hydrogen-bond donors (Lipinski definition) is 1. The standard InChI is InChI=1S/C9H10ClNO/c1-5-6(10)2-3-8-9(5)7(11)4-12-8/h2-3,7H,4,11H2,1H3. The first-order chi connectivity index (χ1) is 5.70. The second-order valence-electron chi connectivity index (χ2n) is 3.00. The van der Waals surface area contributed by atoms with Gasteiger partial charge in [-0.05, 0) is 24.6 Å². The molecule has 0 radical (unpaired) electrons. The Kier molecular flexibility index (Phi) is 1.74. The normalized spacial score (nSPS) is 20.4. The minimum absolute atomic E-state index is 0.0151. The Bertz CT molecular complexity index is 325. The molecule has 1 aliphatic rings. The van der Waals surface area contributed by atoms with Gasteiger partial charge in [-0.25, -0.2) is 0 Å². The third-order valence-electron chi connectivity index (χ3n) is 2.20. The topological polar surface area (TPSA) is 35.2 Å². The summed E-state index contributed by atoms with van der Waals surface area (Å²) in [5, 5.41) is 0.759. The van der Waals surface area contributed by atoms with E-state index in [9.17, 15) is 0 Å². The van der Waals surface area contributed by atoms with Gasteiger partial charge in [-0.1, -0.05) is 11.6 Å². The highest BCUT2D eigenvalue weighted by Crippen LogP contribution is 2.36.